The highest BCUT2D eigenvalue weighted by Gasteiger charge is 2.18. The molecule has 170 valence electrons. The molecular weight excluding hydrogens is 436 g/mol. The van der Waals surface area contributed by atoms with Crippen LogP contribution in [-0.2, 0) is 6.61 Å². The summed E-state index contributed by atoms with van der Waals surface area (Å²) < 4.78 is 28.2. The summed E-state index contributed by atoms with van der Waals surface area (Å²) in [4.78, 5) is 1.11. The van der Waals surface area contributed by atoms with Crippen LogP contribution in [-0.4, -0.2) is 28.4 Å². The van der Waals surface area contributed by atoms with Crippen molar-refractivity contribution in [3.05, 3.63) is 77.7 Å². The molecule has 0 aliphatic rings. The van der Waals surface area contributed by atoms with Gasteiger partial charge in [0.1, 0.15) is 6.61 Å². The third kappa shape index (κ3) is 4.76. The highest BCUT2D eigenvalue weighted by molar-refractivity contribution is 7.14. The molecule has 4 rings (SSSR count). The van der Waals surface area contributed by atoms with Gasteiger partial charge in [-0.3, -0.25) is 0 Å². The lowest BCUT2D eigenvalue weighted by Gasteiger charge is -2.15. The van der Waals surface area contributed by atoms with E-state index in [0.717, 1.165) is 27.1 Å². The second kappa shape index (κ2) is 10.3. The van der Waals surface area contributed by atoms with Gasteiger partial charge in [-0.15, -0.1) is 11.3 Å². The summed E-state index contributed by atoms with van der Waals surface area (Å²) in [6, 6.07) is 22.1. The molecule has 0 aliphatic carbocycles. The van der Waals surface area contributed by atoms with Crippen molar-refractivity contribution >= 4 is 11.3 Å². The van der Waals surface area contributed by atoms with Crippen molar-refractivity contribution < 1.29 is 23.7 Å². The van der Waals surface area contributed by atoms with E-state index in [4.69, 9.17) is 23.7 Å². The number of methoxy groups -OCH3 is 4. The van der Waals surface area contributed by atoms with Gasteiger partial charge in [0.15, 0.2) is 23.0 Å². The van der Waals surface area contributed by atoms with Gasteiger partial charge in [0.05, 0.1) is 28.4 Å². The van der Waals surface area contributed by atoms with Crippen molar-refractivity contribution in [2.75, 3.05) is 28.4 Å². The first-order valence-electron chi connectivity index (χ1n) is 10.4. The zero-order valence-corrected chi connectivity index (χ0v) is 19.9. The van der Waals surface area contributed by atoms with Gasteiger partial charge in [-0.25, -0.2) is 0 Å². The summed E-state index contributed by atoms with van der Waals surface area (Å²) in [7, 11) is 6.49. The molecule has 0 fully saturated rings. The summed E-state index contributed by atoms with van der Waals surface area (Å²) in [6.45, 7) is 0.463. The second-order valence-electron chi connectivity index (χ2n) is 7.22. The number of thiophene rings is 1. The molecule has 5 nitrogen and oxygen atoms in total. The third-order valence-electron chi connectivity index (χ3n) is 5.30. The van der Waals surface area contributed by atoms with Crippen molar-refractivity contribution in [3.63, 3.8) is 0 Å². The zero-order valence-electron chi connectivity index (χ0n) is 19.1. The van der Waals surface area contributed by atoms with Crippen LogP contribution in [0.4, 0.5) is 0 Å². The Hall–Kier alpha value is -3.64. The number of ether oxygens (including phenoxy) is 5. The molecule has 4 aromatic rings. The Morgan fingerprint density at radius 3 is 1.94 bits per heavy atom. The van der Waals surface area contributed by atoms with Gasteiger partial charge in [-0.05, 0) is 58.5 Å². The van der Waals surface area contributed by atoms with Gasteiger partial charge < -0.3 is 23.7 Å². The van der Waals surface area contributed by atoms with Crippen LogP contribution in [0.25, 0.3) is 21.6 Å². The fraction of sp³-hybridized carbons (Fsp3) is 0.185. The number of rotatable bonds is 9. The maximum Gasteiger partial charge on any atom is 0.203 e. The molecule has 1 heterocycles. The molecule has 6 heteroatoms. The molecule has 1 aromatic heterocycles. The minimum Gasteiger partial charge on any atom is -0.493 e. The van der Waals surface area contributed by atoms with Crippen LogP contribution in [0, 0.1) is 0 Å². The van der Waals surface area contributed by atoms with Gasteiger partial charge in [0.25, 0.3) is 0 Å². The van der Waals surface area contributed by atoms with Crippen LogP contribution in [0.3, 0.4) is 0 Å². The Balaban J connectivity index is 1.72. The highest BCUT2D eigenvalue weighted by atomic mass is 32.1. The normalized spacial score (nSPS) is 10.5. The lowest BCUT2D eigenvalue weighted by atomic mass is 10.0. The molecule has 0 unspecified atom stereocenters. The van der Waals surface area contributed by atoms with Crippen LogP contribution in [0.2, 0.25) is 0 Å². The monoisotopic (exact) mass is 462 g/mol. The number of benzene rings is 3. The third-order valence-corrected chi connectivity index (χ3v) is 6.27. The van der Waals surface area contributed by atoms with Gasteiger partial charge in [-0.2, -0.15) is 0 Å². The predicted molar refractivity (Wildman–Crippen MR) is 132 cm³/mol. The van der Waals surface area contributed by atoms with E-state index >= 15 is 0 Å². The van der Waals surface area contributed by atoms with E-state index in [2.05, 4.69) is 11.4 Å². The molecule has 0 atom stereocenters. The Labute approximate surface area is 198 Å². The fourth-order valence-electron chi connectivity index (χ4n) is 3.66. The summed E-state index contributed by atoms with van der Waals surface area (Å²) in [5.41, 5.74) is 4.18. The second-order valence-corrected chi connectivity index (χ2v) is 8.13. The fourth-order valence-corrected chi connectivity index (χ4v) is 4.58. The maximum atomic E-state index is 6.12. The predicted octanol–water partition coefficient (Wildman–Crippen LogP) is 6.70. The first-order valence-corrected chi connectivity index (χ1v) is 11.3. The molecule has 0 saturated carbocycles. The summed E-state index contributed by atoms with van der Waals surface area (Å²) >= 11 is 1.66. The van der Waals surface area contributed by atoms with Crippen molar-refractivity contribution in [3.8, 4) is 50.3 Å². The van der Waals surface area contributed by atoms with E-state index in [0.29, 0.717) is 35.4 Å². The lowest BCUT2D eigenvalue weighted by Crippen LogP contribution is -1.98. The molecule has 0 saturated heterocycles. The van der Waals surface area contributed by atoms with Gasteiger partial charge >= 0.3 is 0 Å². The largest absolute Gasteiger partial charge is 0.493 e. The van der Waals surface area contributed by atoms with Gasteiger partial charge in [-0.1, -0.05) is 30.3 Å². The summed E-state index contributed by atoms with van der Waals surface area (Å²) in [5, 5.41) is 2.07. The standard InChI is InChI=1S/C27H26O5S/c1-28-22-11-10-19(14-23(22)32-17-18-8-6-5-7-9-18)27-21(12-13-33-27)20-15-24(29-2)26(31-4)25(16-20)30-3/h5-16H,17H2,1-4H3. The van der Waals surface area contributed by atoms with E-state index in [9.17, 15) is 0 Å². The van der Waals surface area contributed by atoms with Crippen molar-refractivity contribution in [2.24, 2.45) is 0 Å². The van der Waals surface area contributed by atoms with Crippen molar-refractivity contribution in [1.82, 2.24) is 0 Å². The Kier molecular flexibility index (Phi) is 7.05. The topological polar surface area (TPSA) is 46.2 Å². The summed E-state index contributed by atoms with van der Waals surface area (Å²) in [5.74, 6) is 3.20. The number of hydrogen-bond donors (Lipinski definition) is 0. The lowest BCUT2D eigenvalue weighted by molar-refractivity contribution is 0.284. The van der Waals surface area contributed by atoms with Crippen LogP contribution < -0.4 is 23.7 Å². The van der Waals surface area contributed by atoms with Crippen LogP contribution in [0.1, 0.15) is 5.56 Å². The van der Waals surface area contributed by atoms with Crippen LogP contribution in [0.5, 0.6) is 28.7 Å². The van der Waals surface area contributed by atoms with Gasteiger partial charge in [0, 0.05) is 10.4 Å². The Bertz CT molecular complexity index is 1190. The Morgan fingerprint density at radius 2 is 1.30 bits per heavy atom. The quantitative estimate of drug-likeness (QED) is 0.277. The Morgan fingerprint density at radius 1 is 0.636 bits per heavy atom. The average Bonchev–Trinajstić information content (AvgIpc) is 3.37. The minimum absolute atomic E-state index is 0.463. The van der Waals surface area contributed by atoms with Gasteiger partial charge in [0.2, 0.25) is 5.75 Å². The molecule has 0 spiro atoms. The minimum atomic E-state index is 0.463. The summed E-state index contributed by atoms with van der Waals surface area (Å²) in [6.07, 6.45) is 0. The van der Waals surface area contributed by atoms with Crippen molar-refractivity contribution in [1.29, 1.82) is 0 Å². The molecular formula is C27H26O5S. The molecule has 0 amide bonds. The first-order chi connectivity index (χ1) is 16.2. The van der Waals surface area contributed by atoms with E-state index in [1.807, 2.05) is 60.7 Å². The molecule has 3 aromatic carbocycles. The van der Waals surface area contributed by atoms with E-state index < -0.39 is 0 Å². The molecule has 33 heavy (non-hydrogen) atoms. The van der Waals surface area contributed by atoms with E-state index in [1.54, 1.807) is 39.8 Å². The highest BCUT2D eigenvalue weighted by Crippen LogP contribution is 2.45. The smallest absolute Gasteiger partial charge is 0.203 e. The van der Waals surface area contributed by atoms with Crippen molar-refractivity contribution in [2.45, 2.75) is 6.61 Å². The average molecular weight is 463 g/mol. The molecule has 0 aliphatic heterocycles. The zero-order chi connectivity index (χ0) is 23.2. The molecule has 0 N–H and O–H groups in total. The molecule has 0 bridgehead atoms. The van der Waals surface area contributed by atoms with E-state index in [-0.39, 0.29) is 0 Å². The van der Waals surface area contributed by atoms with E-state index in [1.165, 1.54) is 0 Å². The molecule has 0 radical (unpaired) electrons. The number of hydrogen-bond acceptors (Lipinski definition) is 6. The van der Waals surface area contributed by atoms with Crippen LogP contribution >= 0.6 is 11.3 Å². The van der Waals surface area contributed by atoms with Crippen LogP contribution in [0.15, 0.2) is 72.1 Å². The maximum absolute atomic E-state index is 6.12. The SMILES string of the molecule is COc1ccc(-c2sccc2-c2cc(OC)c(OC)c(OC)c2)cc1OCc1ccccc1. The first kappa shape index (κ1) is 22.6.